The summed E-state index contributed by atoms with van der Waals surface area (Å²) in [7, 11) is 0. The van der Waals surface area contributed by atoms with Gasteiger partial charge >= 0.3 is 24.0 Å². The van der Waals surface area contributed by atoms with Crippen LogP contribution in [0.5, 0.6) is 0 Å². The van der Waals surface area contributed by atoms with E-state index in [0.29, 0.717) is 28.0 Å². The molecule has 0 atom stereocenters. The number of hydrogen-bond donors (Lipinski definition) is 3. The topological polar surface area (TPSA) is 100 Å². The molecule has 0 unspecified atom stereocenters. The maximum Gasteiger partial charge on any atom is 0.416 e. The van der Waals surface area contributed by atoms with E-state index in [2.05, 4.69) is 10.7 Å². The summed E-state index contributed by atoms with van der Waals surface area (Å²) in [5, 5.41) is 11.6. The second-order valence-corrected chi connectivity index (χ2v) is 7.36. The number of carbonyl (C=O) groups is 3. The Morgan fingerprint density at radius 1 is 0.970 bits per heavy atom. The van der Waals surface area contributed by atoms with Crippen LogP contribution in [0.25, 0.3) is 11.3 Å². The summed E-state index contributed by atoms with van der Waals surface area (Å²) in [5.41, 5.74) is 2.67. The highest BCUT2D eigenvalue weighted by Crippen LogP contribution is 2.30. The summed E-state index contributed by atoms with van der Waals surface area (Å²) in [6.45, 7) is 0. The fourth-order valence-corrected chi connectivity index (χ4v) is 3.13. The molecule has 0 radical (unpaired) electrons. The molecule has 0 bridgehead atoms. The summed E-state index contributed by atoms with van der Waals surface area (Å²) >= 11 is 5.91. The molecule has 0 aliphatic carbocycles. The Hall–Kier alpha value is -3.79. The Balaban J connectivity index is 1.84. The number of anilines is 1. The molecule has 7 nitrogen and oxygen atoms in total. The van der Waals surface area contributed by atoms with E-state index in [0.717, 1.165) is 12.1 Å². The van der Waals surface area contributed by atoms with Gasteiger partial charge in [-0.3, -0.25) is 24.5 Å². The average molecular weight is 480 g/mol. The molecule has 3 aromatic rings. The first kappa shape index (κ1) is 23.9. The Kier molecular flexibility index (Phi) is 7.07. The van der Waals surface area contributed by atoms with E-state index in [1.165, 1.54) is 10.7 Å². The molecule has 2 amide bonds. The number of nitrogens with one attached hydrogen (secondary N) is 2. The molecule has 1 aromatic heterocycles. The molecule has 11 heteroatoms. The third kappa shape index (κ3) is 6.13. The maximum absolute atomic E-state index is 12.9. The van der Waals surface area contributed by atoms with Crippen molar-refractivity contribution in [3.05, 3.63) is 76.9 Å². The molecule has 0 aliphatic rings. The van der Waals surface area contributed by atoms with Gasteiger partial charge in [0.2, 0.25) is 0 Å². The van der Waals surface area contributed by atoms with Crippen molar-refractivity contribution in [1.29, 1.82) is 0 Å². The Morgan fingerprint density at radius 3 is 2.30 bits per heavy atom. The predicted molar refractivity (Wildman–Crippen MR) is 115 cm³/mol. The molecular weight excluding hydrogens is 463 g/mol. The number of aliphatic carboxylic acids is 1. The summed E-state index contributed by atoms with van der Waals surface area (Å²) in [5.74, 6) is -3.41. The largest absolute Gasteiger partial charge is 0.481 e. The number of hydrogen-bond acceptors (Lipinski definition) is 3. The molecule has 0 fully saturated rings. The highest BCUT2D eigenvalue weighted by molar-refractivity contribution is 6.42. The van der Waals surface area contributed by atoms with E-state index in [-0.39, 0.29) is 18.5 Å². The molecule has 0 saturated carbocycles. The third-order valence-electron chi connectivity index (χ3n) is 4.56. The van der Waals surface area contributed by atoms with Crippen LogP contribution < -0.4 is 10.7 Å². The van der Waals surface area contributed by atoms with Gasteiger partial charge in [-0.25, -0.2) is 0 Å². The number of halogens is 4. The molecule has 3 N–H and O–H groups in total. The van der Waals surface area contributed by atoms with Crippen molar-refractivity contribution in [2.75, 3.05) is 10.7 Å². The lowest BCUT2D eigenvalue weighted by atomic mass is 10.2. The van der Waals surface area contributed by atoms with Crippen LogP contribution in [-0.4, -0.2) is 27.6 Å². The lowest BCUT2D eigenvalue weighted by molar-refractivity contribution is -0.138. The van der Waals surface area contributed by atoms with Gasteiger partial charge in [0, 0.05) is 28.4 Å². The second-order valence-electron chi connectivity index (χ2n) is 6.92. The van der Waals surface area contributed by atoms with E-state index in [1.54, 1.807) is 36.4 Å². The number of nitrogens with zero attached hydrogens (tertiary/aromatic N) is 1. The summed E-state index contributed by atoms with van der Waals surface area (Å²) in [4.78, 5) is 35.8. The van der Waals surface area contributed by atoms with Crippen LogP contribution >= 0.6 is 11.6 Å². The number of aryl methyl sites for hydroxylation is 1. The molecular formula is C22H17ClF3N3O4. The first-order valence-corrected chi connectivity index (χ1v) is 9.90. The van der Waals surface area contributed by atoms with Gasteiger partial charge in [0.1, 0.15) is 0 Å². The van der Waals surface area contributed by atoms with Gasteiger partial charge < -0.3 is 10.4 Å². The van der Waals surface area contributed by atoms with Crippen molar-refractivity contribution < 1.29 is 32.7 Å². The standard InChI is InChI=1S/C22H17ClF3N3O4/c23-15-6-4-13(5-7-15)18-10-8-17(9-11-19(30)31)29(18)28-21(33)20(32)27-16-3-1-2-14(12-16)22(24,25)26/h1-8,10,12H,9,11H2,(H,27,32)(H,28,33)(H,30,31). The van der Waals surface area contributed by atoms with Crippen LogP contribution in [-0.2, 0) is 27.0 Å². The fraction of sp³-hybridized carbons (Fsp3) is 0.136. The average Bonchev–Trinajstić information content (AvgIpc) is 3.14. The van der Waals surface area contributed by atoms with Gasteiger partial charge in [0.15, 0.2) is 0 Å². The Morgan fingerprint density at radius 2 is 1.67 bits per heavy atom. The Labute approximate surface area is 190 Å². The monoisotopic (exact) mass is 479 g/mol. The first-order chi connectivity index (χ1) is 15.5. The maximum atomic E-state index is 12.9. The van der Waals surface area contributed by atoms with Gasteiger partial charge in [-0.15, -0.1) is 0 Å². The van der Waals surface area contributed by atoms with Crippen molar-refractivity contribution in [1.82, 2.24) is 4.68 Å². The quantitative estimate of drug-likeness (QED) is 0.451. The zero-order valence-electron chi connectivity index (χ0n) is 16.8. The molecule has 0 aliphatic heterocycles. The van der Waals surface area contributed by atoms with Crippen molar-refractivity contribution in [3.63, 3.8) is 0 Å². The molecule has 33 heavy (non-hydrogen) atoms. The van der Waals surface area contributed by atoms with Crippen molar-refractivity contribution >= 4 is 35.1 Å². The van der Waals surface area contributed by atoms with E-state index < -0.39 is 29.5 Å². The van der Waals surface area contributed by atoms with Crippen LogP contribution in [0.3, 0.4) is 0 Å². The van der Waals surface area contributed by atoms with E-state index >= 15 is 0 Å². The van der Waals surface area contributed by atoms with Crippen molar-refractivity contribution in [2.24, 2.45) is 0 Å². The molecule has 172 valence electrons. The number of rotatable bonds is 6. The summed E-state index contributed by atoms with van der Waals surface area (Å²) in [6.07, 6.45) is -4.78. The number of alkyl halides is 3. The lowest BCUT2D eigenvalue weighted by Gasteiger charge is -2.15. The predicted octanol–water partition coefficient (Wildman–Crippen LogP) is 4.55. The Bertz CT molecular complexity index is 1190. The number of benzene rings is 2. The van der Waals surface area contributed by atoms with Gasteiger partial charge in [-0.2, -0.15) is 13.2 Å². The van der Waals surface area contributed by atoms with Crippen molar-refractivity contribution in [2.45, 2.75) is 19.0 Å². The minimum Gasteiger partial charge on any atom is -0.481 e. The molecule has 0 saturated heterocycles. The van der Waals surface area contributed by atoms with E-state index in [9.17, 15) is 27.6 Å². The van der Waals surface area contributed by atoms with Gasteiger partial charge in [-0.05, 0) is 42.5 Å². The number of carboxylic acids is 1. The van der Waals surface area contributed by atoms with Crippen molar-refractivity contribution in [3.8, 4) is 11.3 Å². The minimum absolute atomic E-state index is 0.0540. The van der Waals surface area contributed by atoms with Crippen LogP contribution in [0.4, 0.5) is 18.9 Å². The third-order valence-corrected chi connectivity index (χ3v) is 4.82. The van der Waals surface area contributed by atoms with Crippen LogP contribution in [0.15, 0.2) is 60.7 Å². The molecule has 0 spiro atoms. The summed E-state index contributed by atoms with van der Waals surface area (Å²) < 4.78 is 39.9. The number of carboxylic acid groups (broad SMARTS) is 1. The number of amides is 2. The van der Waals surface area contributed by atoms with Crippen LogP contribution in [0.2, 0.25) is 5.02 Å². The summed E-state index contributed by atoms with van der Waals surface area (Å²) in [6, 6.07) is 13.7. The fourth-order valence-electron chi connectivity index (χ4n) is 3.00. The molecule has 1 heterocycles. The van der Waals surface area contributed by atoms with E-state index in [4.69, 9.17) is 16.7 Å². The minimum atomic E-state index is -4.61. The molecule has 2 aromatic carbocycles. The van der Waals surface area contributed by atoms with Crippen LogP contribution in [0, 0.1) is 0 Å². The highest BCUT2D eigenvalue weighted by Gasteiger charge is 2.30. The zero-order chi connectivity index (χ0) is 24.2. The number of aromatic nitrogens is 1. The smallest absolute Gasteiger partial charge is 0.416 e. The van der Waals surface area contributed by atoms with Gasteiger partial charge in [0.25, 0.3) is 0 Å². The zero-order valence-corrected chi connectivity index (χ0v) is 17.6. The highest BCUT2D eigenvalue weighted by atomic mass is 35.5. The molecule has 3 rings (SSSR count). The first-order valence-electron chi connectivity index (χ1n) is 9.52. The second kappa shape index (κ2) is 9.78. The number of carbonyl (C=O) groups excluding carboxylic acids is 2. The van der Waals surface area contributed by atoms with Gasteiger partial charge in [-0.1, -0.05) is 29.8 Å². The van der Waals surface area contributed by atoms with Crippen LogP contribution in [0.1, 0.15) is 17.7 Å². The lowest BCUT2D eigenvalue weighted by Crippen LogP contribution is -2.35. The van der Waals surface area contributed by atoms with Gasteiger partial charge in [0.05, 0.1) is 17.7 Å². The SMILES string of the molecule is O=C(O)CCc1ccc(-c2ccc(Cl)cc2)n1NC(=O)C(=O)Nc1cccc(C(F)(F)F)c1. The normalized spacial score (nSPS) is 11.2. The van der Waals surface area contributed by atoms with E-state index in [1.807, 2.05) is 0 Å².